The van der Waals surface area contributed by atoms with Gasteiger partial charge in [0.15, 0.2) is 5.60 Å². The van der Waals surface area contributed by atoms with E-state index in [1.165, 1.54) is 4.90 Å². The monoisotopic (exact) mass is 430 g/mol. The first-order valence-corrected chi connectivity index (χ1v) is 10.5. The number of likely N-dealkylation sites (N-methyl/N-ethyl adjacent to an activating group) is 1. The summed E-state index contributed by atoms with van der Waals surface area (Å²) in [5, 5.41) is 0. The van der Waals surface area contributed by atoms with Gasteiger partial charge in [0.1, 0.15) is 0 Å². The SMILES string of the molecule is CN(C)C(=O)[C@]1(Cc2ccc(-c3cccnc3)cc2)CN(C(=O)c2cccnc2)CCO1. The molecule has 3 heterocycles. The van der Waals surface area contributed by atoms with Gasteiger partial charge >= 0.3 is 0 Å². The number of ether oxygens (including phenoxy) is 1. The number of morpholine rings is 1. The summed E-state index contributed by atoms with van der Waals surface area (Å²) in [7, 11) is 3.42. The van der Waals surface area contributed by atoms with E-state index in [1.54, 1.807) is 49.7 Å². The Morgan fingerprint density at radius 2 is 1.72 bits per heavy atom. The molecule has 164 valence electrons. The van der Waals surface area contributed by atoms with Crippen molar-refractivity contribution in [3.63, 3.8) is 0 Å². The summed E-state index contributed by atoms with van der Waals surface area (Å²) in [5.41, 5.74) is 2.40. The minimum Gasteiger partial charge on any atom is -0.361 e. The second-order valence-electron chi connectivity index (χ2n) is 8.13. The van der Waals surface area contributed by atoms with Crippen LogP contribution in [0.1, 0.15) is 15.9 Å². The van der Waals surface area contributed by atoms with Gasteiger partial charge in [-0.05, 0) is 34.9 Å². The average Bonchev–Trinajstić information content (AvgIpc) is 2.84. The van der Waals surface area contributed by atoms with Gasteiger partial charge in [-0.25, -0.2) is 0 Å². The van der Waals surface area contributed by atoms with Gasteiger partial charge in [0, 0.05) is 51.8 Å². The Labute approximate surface area is 187 Å². The number of hydrogen-bond donors (Lipinski definition) is 0. The molecule has 1 aliphatic rings. The first-order chi connectivity index (χ1) is 15.5. The summed E-state index contributed by atoms with van der Waals surface area (Å²) in [6.45, 7) is 0.900. The quantitative estimate of drug-likeness (QED) is 0.622. The number of rotatable bonds is 5. The van der Waals surface area contributed by atoms with Crippen molar-refractivity contribution in [2.24, 2.45) is 0 Å². The Morgan fingerprint density at radius 1 is 1.00 bits per heavy atom. The van der Waals surface area contributed by atoms with Crippen LogP contribution in [-0.2, 0) is 16.0 Å². The number of benzene rings is 1. The average molecular weight is 431 g/mol. The zero-order valence-electron chi connectivity index (χ0n) is 18.3. The summed E-state index contributed by atoms with van der Waals surface area (Å²) < 4.78 is 6.11. The molecule has 3 aromatic rings. The van der Waals surface area contributed by atoms with Gasteiger partial charge in [-0.3, -0.25) is 19.6 Å². The van der Waals surface area contributed by atoms with Gasteiger partial charge in [-0.2, -0.15) is 0 Å². The predicted molar refractivity (Wildman–Crippen MR) is 121 cm³/mol. The zero-order valence-corrected chi connectivity index (χ0v) is 18.3. The van der Waals surface area contributed by atoms with Crippen LogP contribution in [0.25, 0.3) is 11.1 Å². The highest BCUT2D eigenvalue weighted by atomic mass is 16.5. The van der Waals surface area contributed by atoms with Gasteiger partial charge in [0.25, 0.3) is 11.8 Å². The normalized spacial score (nSPS) is 18.2. The summed E-state index contributed by atoms with van der Waals surface area (Å²) in [6.07, 6.45) is 7.11. The molecule has 0 spiro atoms. The lowest BCUT2D eigenvalue weighted by Crippen LogP contribution is -2.61. The van der Waals surface area contributed by atoms with Crippen LogP contribution in [-0.4, -0.2) is 71.0 Å². The molecule has 2 aromatic heterocycles. The van der Waals surface area contributed by atoms with E-state index in [4.69, 9.17) is 4.74 Å². The van der Waals surface area contributed by atoms with Crippen molar-refractivity contribution in [3.8, 4) is 11.1 Å². The molecule has 0 unspecified atom stereocenters. The lowest BCUT2D eigenvalue weighted by Gasteiger charge is -2.42. The molecule has 1 aromatic carbocycles. The first kappa shape index (κ1) is 21.6. The molecule has 1 saturated heterocycles. The van der Waals surface area contributed by atoms with Crippen molar-refractivity contribution in [1.82, 2.24) is 19.8 Å². The molecule has 4 rings (SSSR count). The van der Waals surface area contributed by atoms with E-state index in [1.807, 2.05) is 42.6 Å². The maximum Gasteiger partial charge on any atom is 0.256 e. The van der Waals surface area contributed by atoms with E-state index in [0.717, 1.165) is 16.7 Å². The lowest BCUT2D eigenvalue weighted by atomic mass is 9.90. The Balaban J connectivity index is 1.59. The first-order valence-electron chi connectivity index (χ1n) is 10.5. The van der Waals surface area contributed by atoms with Crippen LogP contribution < -0.4 is 0 Å². The maximum atomic E-state index is 13.3. The number of hydrogen-bond acceptors (Lipinski definition) is 5. The van der Waals surface area contributed by atoms with Crippen LogP contribution in [0.4, 0.5) is 0 Å². The molecular weight excluding hydrogens is 404 g/mol. The number of aromatic nitrogens is 2. The molecule has 1 aliphatic heterocycles. The molecule has 0 saturated carbocycles. The Morgan fingerprint density at radius 3 is 2.34 bits per heavy atom. The van der Waals surface area contributed by atoms with Crippen molar-refractivity contribution in [2.45, 2.75) is 12.0 Å². The van der Waals surface area contributed by atoms with E-state index in [9.17, 15) is 9.59 Å². The Kier molecular flexibility index (Phi) is 6.28. The highest BCUT2D eigenvalue weighted by molar-refractivity contribution is 5.95. The molecule has 2 amide bonds. The fourth-order valence-corrected chi connectivity index (χ4v) is 4.03. The third kappa shape index (κ3) is 4.53. The molecule has 0 aliphatic carbocycles. The standard InChI is InChI=1S/C25H26N4O3/c1-28(2)24(31)25(15-19-7-9-20(10-8-19)21-5-3-11-26-16-21)18-29(13-14-32-25)23(30)22-6-4-12-27-17-22/h3-12,16-17H,13-15,18H2,1-2H3/t25-/m0/s1. The largest absolute Gasteiger partial charge is 0.361 e. The summed E-state index contributed by atoms with van der Waals surface area (Å²) in [6, 6.07) is 15.4. The molecule has 1 fully saturated rings. The molecule has 0 bridgehead atoms. The molecule has 0 N–H and O–H groups in total. The van der Waals surface area contributed by atoms with Crippen LogP contribution in [0.3, 0.4) is 0 Å². The maximum absolute atomic E-state index is 13.3. The second-order valence-corrected chi connectivity index (χ2v) is 8.13. The van der Waals surface area contributed by atoms with Gasteiger partial charge in [-0.1, -0.05) is 30.3 Å². The molecule has 32 heavy (non-hydrogen) atoms. The lowest BCUT2D eigenvalue weighted by molar-refractivity contribution is -0.165. The van der Waals surface area contributed by atoms with Crippen molar-refractivity contribution < 1.29 is 14.3 Å². The fraction of sp³-hybridized carbons (Fsp3) is 0.280. The third-order valence-corrected chi connectivity index (χ3v) is 5.62. The Hall–Kier alpha value is -3.58. The predicted octanol–water partition coefficient (Wildman–Crippen LogP) is 2.69. The summed E-state index contributed by atoms with van der Waals surface area (Å²) in [4.78, 5) is 37.7. The van der Waals surface area contributed by atoms with Gasteiger partial charge < -0.3 is 14.5 Å². The van der Waals surface area contributed by atoms with E-state index < -0.39 is 5.60 Å². The van der Waals surface area contributed by atoms with Gasteiger partial charge in [0.05, 0.1) is 18.7 Å². The molecule has 0 radical (unpaired) electrons. The van der Waals surface area contributed by atoms with Crippen LogP contribution >= 0.6 is 0 Å². The van der Waals surface area contributed by atoms with Crippen LogP contribution in [0.5, 0.6) is 0 Å². The second kappa shape index (κ2) is 9.28. The number of carbonyl (C=O) groups is 2. The number of amides is 2. The van der Waals surface area contributed by atoms with Gasteiger partial charge in [-0.15, -0.1) is 0 Å². The molecular formula is C25H26N4O3. The number of nitrogens with zero attached hydrogens (tertiary/aromatic N) is 4. The van der Waals surface area contributed by atoms with Crippen molar-refractivity contribution >= 4 is 11.8 Å². The minimum atomic E-state index is -1.14. The van der Waals surface area contributed by atoms with E-state index in [-0.39, 0.29) is 18.4 Å². The van der Waals surface area contributed by atoms with E-state index >= 15 is 0 Å². The van der Waals surface area contributed by atoms with Crippen molar-refractivity contribution in [2.75, 3.05) is 33.8 Å². The smallest absolute Gasteiger partial charge is 0.256 e. The Bertz CT molecular complexity index is 1070. The summed E-state index contributed by atoms with van der Waals surface area (Å²) >= 11 is 0. The van der Waals surface area contributed by atoms with Crippen LogP contribution in [0.15, 0.2) is 73.3 Å². The third-order valence-electron chi connectivity index (χ3n) is 5.62. The number of pyridine rings is 2. The summed E-state index contributed by atoms with van der Waals surface area (Å²) in [5.74, 6) is -0.304. The van der Waals surface area contributed by atoms with Gasteiger partial charge in [0.2, 0.25) is 0 Å². The topological polar surface area (TPSA) is 75.6 Å². The van der Waals surface area contributed by atoms with Crippen LogP contribution in [0.2, 0.25) is 0 Å². The zero-order chi connectivity index (χ0) is 22.6. The highest BCUT2D eigenvalue weighted by Crippen LogP contribution is 2.28. The fourth-order valence-electron chi connectivity index (χ4n) is 4.03. The highest BCUT2D eigenvalue weighted by Gasteiger charge is 2.46. The number of carbonyl (C=O) groups excluding carboxylic acids is 2. The van der Waals surface area contributed by atoms with E-state index in [2.05, 4.69) is 9.97 Å². The van der Waals surface area contributed by atoms with Crippen molar-refractivity contribution in [3.05, 3.63) is 84.4 Å². The van der Waals surface area contributed by atoms with Crippen LogP contribution in [0, 0.1) is 0 Å². The molecule has 7 nitrogen and oxygen atoms in total. The molecule has 7 heteroatoms. The van der Waals surface area contributed by atoms with Crippen molar-refractivity contribution in [1.29, 1.82) is 0 Å². The minimum absolute atomic E-state index is 0.149. The van der Waals surface area contributed by atoms with E-state index in [0.29, 0.717) is 25.1 Å². The molecule has 1 atom stereocenters.